The number of unbranched alkanes of at least 4 members (excludes halogenated alkanes) is 14. The van der Waals surface area contributed by atoms with Gasteiger partial charge in [0.1, 0.15) is 0 Å². The molecule has 2 aromatic rings. The molecule has 2 fully saturated rings. The van der Waals surface area contributed by atoms with E-state index in [1.807, 2.05) is 34.1 Å². The van der Waals surface area contributed by atoms with Gasteiger partial charge in [0, 0.05) is 24.2 Å². The van der Waals surface area contributed by atoms with Crippen molar-refractivity contribution in [3.8, 4) is 0 Å². The molecule has 0 N–H and O–H groups in total. The predicted octanol–water partition coefficient (Wildman–Crippen LogP) is 10.2. The highest BCUT2D eigenvalue weighted by Gasteiger charge is 2.54. The highest BCUT2D eigenvalue weighted by molar-refractivity contribution is 6.63. The van der Waals surface area contributed by atoms with Gasteiger partial charge in [-0.05, 0) is 91.3 Å². The van der Waals surface area contributed by atoms with Crippen molar-refractivity contribution in [2.45, 2.75) is 194 Å². The number of rotatable bonds is 20. The normalized spacial score (nSPS) is 21.5. The van der Waals surface area contributed by atoms with Crippen molar-refractivity contribution >= 4 is 59.5 Å². The van der Waals surface area contributed by atoms with Crippen molar-refractivity contribution in [1.82, 2.24) is 0 Å². The molecule has 316 valence electrons. The second-order valence-corrected chi connectivity index (χ2v) is 19.3. The zero-order valence-corrected chi connectivity index (χ0v) is 37.7. The number of carbonyl (C=O) groups excluding carboxylic acids is 2. The summed E-state index contributed by atoms with van der Waals surface area (Å²) in [5, 5.41) is 0. The van der Waals surface area contributed by atoms with Gasteiger partial charge < -0.3 is 28.4 Å². The van der Waals surface area contributed by atoms with Gasteiger partial charge in [-0.25, -0.2) is 0 Å². The molecule has 0 aliphatic carbocycles. The summed E-state index contributed by atoms with van der Waals surface area (Å²) in [4.78, 5) is 33.6. The fraction of sp³-hybridized carbons (Fsp3) is 0.667. The molecule has 0 spiro atoms. The predicted molar refractivity (Wildman–Crippen MR) is 241 cm³/mol. The maximum absolute atomic E-state index is 14.9. The Morgan fingerprint density at radius 2 is 0.741 bits per heavy atom. The van der Waals surface area contributed by atoms with Crippen LogP contribution in [0.25, 0.3) is 11.1 Å². The first-order valence-electron chi connectivity index (χ1n) is 22.9. The lowest BCUT2D eigenvalue weighted by molar-refractivity contribution is -0.114. The van der Waals surface area contributed by atoms with Crippen LogP contribution in [0.5, 0.6) is 0 Å². The van der Waals surface area contributed by atoms with Gasteiger partial charge in [-0.1, -0.05) is 128 Å². The fourth-order valence-electron chi connectivity index (χ4n) is 8.67. The van der Waals surface area contributed by atoms with Crippen molar-refractivity contribution in [2.75, 3.05) is 22.9 Å². The largest absolute Gasteiger partial charge is 0.494 e. The molecule has 10 heteroatoms. The first-order valence-corrected chi connectivity index (χ1v) is 22.9. The molecule has 2 amide bonds. The number of carbonyl (C=O) groups is 2. The molecule has 58 heavy (non-hydrogen) atoms. The number of anilines is 2. The highest BCUT2D eigenvalue weighted by Crippen LogP contribution is 2.47. The first-order chi connectivity index (χ1) is 27.5. The summed E-state index contributed by atoms with van der Waals surface area (Å²) in [6.07, 6.45) is 18.8. The molecule has 0 aromatic heterocycles. The van der Waals surface area contributed by atoms with Gasteiger partial charge in [0.05, 0.1) is 44.9 Å². The van der Waals surface area contributed by atoms with Crippen LogP contribution in [0.3, 0.4) is 0 Å². The van der Waals surface area contributed by atoms with Crippen LogP contribution in [-0.4, -0.2) is 61.5 Å². The summed E-state index contributed by atoms with van der Waals surface area (Å²) in [5.41, 5.74) is 4.00. The third kappa shape index (κ3) is 9.21. The van der Waals surface area contributed by atoms with E-state index in [0.717, 1.165) is 72.0 Å². The molecule has 4 aliphatic rings. The van der Waals surface area contributed by atoms with Crippen LogP contribution in [0.4, 0.5) is 11.4 Å². The number of hydrogen-bond acceptors (Lipinski definition) is 6. The van der Waals surface area contributed by atoms with E-state index in [4.69, 9.17) is 18.6 Å². The molecule has 0 saturated carbocycles. The number of nitrogens with zero attached hydrogens (tertiary/aromatic N) is 2. The lowest BCUT2D eigenvalue weighted by Gasteiger charge is -2.32. The number of fused-ring (bicyclic) bond motifs is 2. The van der Waals surface area contributed by atoms with E-state index in [-0.39, 0.29) is 11.8 Å². The quantitative estimate of drug-likeness (QED) is 0.0755. The maximum atomic E-state index is 14.9. The third-order valence-electron chi connectivity index (χ3n) is 13.9. The van der Waals surface area contributed by atoms with Gasteiger partial charge >= 0.3 is 14.2 Å². The zero-order chi connectivity index (χ0) is 41.9. The lowest BCUT2D eigenvalue weighted by Crippen LogP contribution is -2.41. The average molecular weight is 795 g/mol. The summed E-state index contributed by atoms with van der Waals surface area (Å²) in [6.45, 7) is 22.1. The topological polar surface area (TPSA) is 77.5 Å². The SMILES string of the molecule is CCCCCCCCCCN1C(=O)/C(=C2\C(=O)N(CCCCCCCCCC)c3cc(B4OC(C)(C)C(C)(C)O4)ccc32)c2ccc(B3OC(C)(C)C(C)(C)O3)cc21. The molecule has 0 bridgehead atoms. The van der Waals surface area contributed by atoms with Gasteiger partial charge in [0.2, 0.25) is 0 Å². The zero-order valence-electron chi connectivity index (χ0n) is 37.7. The molecule has 0 radical (unpaired) electrons. The minimum absolute atomic E-state index is 0.109. The Morgan fingerprint density at radius 3 is 1.05 bits per heavy atom. The maximum Gasteiger partial charge on any atom is 0.494 e. The molecule has 0 atom stereocenters. The van der Waals surface area contributed by atoms with E-state index in [1.54, 1.807) is 0 Å². The minimum Gasteiger partial charge on any atom is -0.399 e. The Balaban J connectivity index is 1.34. The number of amides is 2. The average Bonchev–Trinajstić information content (AvgIpc) is 3.76. The fourth-order valence-corrected chi connectivity index (χ4v) is 8.67. The van der Waals surface area contributed by atoms with Crippen LogP contribution in [0.1, 0.15) is 183 Å². The van der Waals surface area contributed by atoms with E-state index in [0.29, 0.717) is 24.2 Å². The first kappa shape index (κ1) is 44.6. The van der Waals surface area contributed by atoms with Gasteiger partial charge in [0.25, 0.3) is 11.8 Å². The van der Waals surface area contributed by atoms with Crippen LogP contribution < -0.4 is 20.7 Å². The Kier molecular flexibility index (Phi) is 14.1. The molecule has 8 nitrogen and oxygen atoms in total. The molecule has 2 aromatic carbocycles. The van der Waals surface area contributed by atoms with E-state index in [1.165, 1.54) is 64.2 Å². The van der Waals surface area contributed by atoms with Crippen molar-refractivity contribution in [3.63, 3.8) is 0 Å². The van der Waals surface area contributed by atoms with Crippen LogP contribution in [0, 0.1) is 0 Å². The number of hydrogen-bond donors (Lipinski definition) is 0. The van der Waals surface area contributed by atoms with E-state index >= 15 is 0 Å². The van der Waals surface area contributed by atoms with Gasteiger partial charge in [-0.3, -0.25) is 9.59 Å². The smallest absolute Gasteiger partial charge is 0.399 e. The summed E-state index contributed by atoms with van der Waals surface area (Å²) in [7, 11) is -1.12. The minimum atomic E-state index is -0.559. The molecular formula is C48H72B2N2O6. The molecule has 4 aliphatic heterocycles. The molecule has 0 unspecified atom stereocenters. The van der Waals surface area contributed by atoms with Gasteiger partial charge in [-0.15, -0.1) is 0 Å². The Morgan fingerprint density at radius 1 is 0.448 bits per heavy atom. The standard InChI is InChI=1S/C48H72B2N2O6/c1-11-13-15-17-19-21-23-25-31-51-39-33-35(49-55-45(3,4)46(5,6)56-49)27-29-37(39)41(43(51)53)42-38-30-28-36(50-57-47(7,8)48(9,10)58-50)34-40(38)52(44(42)54)32-26-24-22-20-18-16-14-12-2/h27-30,33-34H,11-26,31-32H2,1-10H3/b42-41-. The lowest BCUT2D eigenvalue weighted by atomic mass is 9.77. The molecule has 4 heterocycles. The van der Waals surface area contributed by atoms with Crippen molar-refractivity contribution in [2.24, 2.45) is 0 Å². The second-order valence-electron chi connectivity index (χ2n) is 19.3. The van der Waals surface area contributed by atoms with Gasteiger partial charge in [0.15, 0.2) is 0 Å². The Bertz CT molecular complexity index is 1660. The van der Waals surface area contributed by atoms with E-state index in [2.05, 4.69) is 81.4 Å². The van der Waals surface area contributed by atoms with E-state index < -0.39 is 36.6 Å². The van der Waals surface area contributed by atoms with Crippen molar-refractivity contribution in [3.05, 3.63) is 47.5 Å². The van der Waals surface area contributed by atoms with E-state index in [9.17, 15) is 9.59 Å². The Hall–Kier alpha value is -2.91. The van der Waals surface area contributed by atoms with Crippen LogP contribution in [0.2, 0.25) is 0 Å². The number of benzene rings is 2. The summed E-state index contributed by atoms with van der Waals surface area (Å²) in [6, 6.07) is 12.2. The van der Waals surface area contributed by atoms with Crippen molar-refractivity contribution < 1.29 is 28.2 Å². The monoisotopic (exact) mass is 795 g/mol. The van der Waals surface area contributed by atoms with Crippen LogP contribution in [0.15, 0.2) is 36.4 Å². The summed E-state index contributed by atoms with van der Waals surface area (Å²) >= 11 is 0. The third-order valence-corrected chi connectivity index (χ3v) is 13.9. The molecule has 2 saturated heterocycles. The van der Waals surface area contributed by atoms with Gasteiger partial charge in [-0.2, -0.15) is 0 Å². The van der Waals surface area contributed by atoms with Crippen LogP contribution in [-0.2, 0) is 28.2 Å². The van der Waals surface area contributed by atoms with Crippen molar-refractivity contribution in [1.29, 1.82) is 0 Å². The second kappa shape index (κ2) is 18.4. The molecule has 6 rings (SSSR count). The highest BCUT2D eigenvalue weighted by atomic mass is 16.7. The molecular weight excluding hydrogens is 722 g/mol. The van der Waals surface area contributed by atoms with Crippen LogP contribution >= 0.6 is 0 Å². The Labute approximate surface area is 351 Å². The summed E-state index contributed by atoms with van der Waals surface area (Å²) in [5.74, 6) is -0.218. The summed E-state index contributed by atoms with van der Waals surface area (Å²) < 4.78 is 25.9.